The first-order valence-electron chi connectivity index (χ1n) is 4.07. The SMILES string of the molecule is CC.COCc1ccccc1F. The van der Waals surface area contributed by atoms with E-state index >= 15 is 0 Å². The van der Waals surface area contributed by atoms with Crippen molar-refractivity contribution in [2.75, 3.05) is 7.11 Å². The van der Waals surface area contributed by atoms with Crippen molar-refractivity contribution in [3.63, 3.8) is 0 Å². The summed E-state index contributed by atoms with van der Waals surface area (Å²) in [6.07, 6.45) is 0. The minimum absolute atomic E-state index is 0.204. The Morgan fingerprint density at radius 2 is 1.83 bits per heavy atom. The molecule has 1 aromatic carbocycles. The monoisotopic (exact) mass is 170 g/mol. The molecule has 0 aliphatic carbocycles. The van der Waals surface area contributed by atoms with Crippen LogP contribution in [0.15, 0.2) is 24.3 Å². The van der Waals surface area contributed by atoms with E-state index in [4.69, 9.17) is 4.74 Å². The number of rotatable bonds is 2. The second kappa shape index (κ2) is 6.80. The van der Waals surface area contributed by atoms with Gasteiger partial charge in [-0.3, -0.25) is 0 Å². The van der Waals surface area contributed by atoms with Crippen LogP contribution in [0.1, 0.15) is 19.4 Å². The molecule has 0 aliphatic heterocycles. The van der Waals surface area contributed by atoms with E-state index in [1.54, 1.807) is 25.3 Å². The Balaban J connectivity index is 0.000000561. The number of ether oxygens (including phenoxy) is 1. The molecule has 0 spiro atoms. The molecule has 1 aromatic rings. The van der Waals surface area contributed by atoms with Gasteiger partial charge in [0.05, 0.1) is 6.61 Å². The Kier molecular flexibility index (Phi) is 6.29. The summed E-state index contributed by atoms with van der Waals surface area (Å²) in [4.78, 5) is 0. The van der Waals surface area contributed by atoms with E-state index in [0.29, 0.717) is 12.2 Å². The van der Waals surface area contributed by atoms with Gasteiger partial charge in [-0.15, -0.1) is 0 Å². The van der Waals surface area contributed by atoms with Gasteiger partial charge in [0.15, 0.2) is 0 Å². The maximum atomic E-state index is 12.7. The van der Waals surface area contributed by atoms with Crippen LogP contribution in [0.25, 0.3) is 0 Å². The average molecular weight is 170 g/mol. The second-order valence-corrected chi connectivity index (χ2v) is 2.02. The lowest BCUT2D eigenvalue weighted by atomic mass is 10.2. The van der Waals surface area contributed by atoms with Gasteiger partial charge in [-0.25, -0.2) is 4.39 Å². The zero-order valence-corrected chi connectivity index (χ0v) is 7.80. The molecule has 12 heavy (non-hydrogen) atoms. The van der Waals surface area contributed by atoms with E-state index in [2.05, 4.69) is 0 Å². The van der Waals surface area contributed by atoms with Gasteiger partial charge in [0, 0.05) is 12.7 Å². The van der Waals surface area contributed by atoms with Crippen molar-refractivity contribution in [2.45, 2.75) is 20.5 Å². The Morgan fingerprint density at radius 3 is 2.33 bits per heavy atom. The molecule has 68 valence electrons. The molecule has 0 unspecified atom stereocenters. The molecule has 0 aromatic heterocycles. The fourth-order valence-corrected chi connectivity index (χ4v) is 0.771. The fourth-order valence-electron chi connectivity index (χ4n) is 0.771. The topological polar surface area (TPSA) is 9.23 Å². The van der Waals surface area contributed by atoms with Crippen molar-refractivity contribution >= 4 is 0 Å². The molecule has 2 heteroatoms. The van der Waals surface area contributed by atoms with Crippen molar-refractivity contribution in [1.29, 1.82) is 0 Å². The Bertz CT molecular complexity index is 211. The van der Waals surface area contributed by atoms with Crippen LogP contribution in [0.5, 0.6) is 0 Å². The molecule has 0 atom stereocenters. The quantitative estimate of drug-likeness (QED) is 0.663. The fraction of sp³-hybridized carbons (Fsp3) is 0.400. The highest BCUT2D eigenvalue weighted by Gasteiger charge is 1.96. The third-order valence-electron chi connectivity index (χ3n) is 1.26. The smallest absolute Gasteiger partial charge is 0.128 e. The van der Waals surface area contributed by atoms with Gasteiger partial charge in [-0.2, -0.15) is 0 Å². The maximum absolute atomic E-state index is 12.7. The van der Waals surface area contributed by atoms with Crippen molar-refractivity contribution < 1.29 is 9.13 Å². The van der Waals surface area contributed by atoms with Gasteiger partial charge in [0.25, 0.3) is 0 Å². The molecule has 0 bridgehead atoms. The largest absolute Gasteiger partial charge is 0.380 e. The first-order valence-corrected chi connectivity index (χ1v) is 4.07. The summed E-state index contributed by atoms with van der Waals surface area (Å²) in [6, 6.07) is 6.58. The molecule has 0 saturated carbocycles. The lowest BCUT2D eigenvalue weighted by molar-refractivity contribution is 0.181. The van der Waals surface area contributed by atoms with E-state index in [1.165, 1.54) is 6.07 Å². The standard InChI is InChI=1S/C8H9FO.C2H6/c1-10-6-7-4-2-3-5-8(7)9;1-2/h2-5H,6H2,1H3;1-2H3. The maximum Gasteiger partial charge on any atom is 0.128 e. The zero-order valence-electron chi connectivity index (χ0n) is 7.80. The van der Waals surface area contributed by atoms with Crippen molar-refractivity contribution in [2.24, 2.45) is 0 Å². The number of benzene rings is 1. The molecule has 0 saturated heterocycles. The highest BCUT2D eigenvalue weighted by atomic mass is 19.1. The summed E-state index contributed by atoms with van der Waals surface area (Å²) in [7, 11) is 1.55. The van der Waals surface area contributed by atoms with E-state index in [1.807, 2.05) is 13.8 Å². The average Bonchev–Trinajstić information content (AvgIpc) is 2.13. The lowest BCUT2D eigenvalue weighted by Crippen LogP contribution is -1.90. The molecule has 0 fully saturated rings. The first-order chi connectivity index (χ1) is 5.84. The van der Waals surface area contributed by atoms with Crippen LogP contribution < -0.4 is 0 Å². The third kappa shape index (κ3) is 3.49. The van der Waals surface area contributed by atoms with E-state index in [0.717, 1.165) is 0 Å². The highest BCUT2D eigenvalue weighted by Crippen LogP contribution is 2.06. The molecular weight excluding hydrogens is 155 g/mol. The predicted octanol–water partition coefficient (Wildman–Crippen LogP) is 3.00. The summed E-state index contributed by atoms with van der Waals surface area (Å²) in [5.74, 6) is -0.204. The normalized spacial score (nSPS) is 8.67. The third-order valence-corrected chi connectivity index (χ3v) is 1.26. The minimum Gasteiger partial charge on any atom is -0.380 e. The molecule has 0 heterocycles. The minimum atomic E-state index is -0.204. The molecular formula is C10H15FO. The Hall–Kier alpha value is -0.890. The lowest BCUT2D eigenvalue weighted by Gasteiger charge is -1.98. The Labute approximate surface area is 73.2 Å². The highest BCUT2D eigenvalue weighted by molar-refractivity contribution is 5.15. The molecule has 0 radical (unpaired) electrons. The second-order valence-electron chi connectivity index (χ2n) is 2.02. The van der Waals surface area contributed by atoms with Crippen LogP contribution >= 0.6 is 0 Å². The Morgan fingerprint density at radius 1 is 1.25 bits per heavy atom. The van der Waals surface area contributed by atoms with Crippen LogP contribution in [-0.2, 0) is 11.3 Å². The van der Waals surface area contributed by atoms with E-state index in [-0.39, 0.29) is 5.82 Å². The number of hydrogen-bond acceptors (Lipinski definition) is 1. The van der Waals surface area contributed by atoms with Crippen molar-refractivity contribution in [3.05, 3.63) is 35.6 Å². The molecule has 1 nitrogen and oxygen atoms in total. The summed E-state index contributed by atoms with van der Waals surface area (Å²) in [5, 5.41) is 0. The van der Waals surface area contributed by atoms with E-state index < -0.39 is 0 Å². The van der Waals surface area contributed by atoms with Crippen LogP contribution in [0.2, 0.25) is 0 Å². The van der Waals surface area contributed by atoms with Gasteiger partial charge in [-0.1, -0.05) is 32.0 Å². The van der Waals surface area contributed by atoms with Crippen LogP contribution in [0.3, 0.4) is 0 Å². The van der Waals surface area contributed by atoms with Gasteiger partial charge < -0.3 is 4.74 Å². The molecule has 0 N–H and O–H groups in total. The van der Waals surface area contributed by atoms with Crippen molar-refractivity contribution in [3.8, 4) is 0 Å². The molecule has 1 rings (SSSR count). The summed E-state index contributed by atoms with van der Waals surface area (Å²) < 4.78 is 17.5. The summed E-state index contributed by atoms with van der Waals surface area (Å²) in [5.41, 5.74) is 0.602. The summed E-state index contributed by atoms with van der Waals surface area (Å²) >= 11 is 0. The van der Waals surface area contributed by atoms with Crippen molar-refractivity contribution in [1.82, 2.24) is 0 Å². The van der Waals surface area contributed by atoms with Crippen LogP contribution in [0, 0.1) is 5.82 Å². The summed E-state index contributed by atoms with van der Waals surface area (Å²) in [6.45, 7) is 4.34. The molecule has 0 aliphatic rings. The van der Waals surface area contributed by atoms with Crippen LogP contribution in [-0.4, -0.2) is 7.11 Å². The van der Waals surface area contributed by atoms with Gasteiger partial charge in [0.2, 0.25) is 0 Å². The number of methoxy groups -OCH3 is 1. The van der Waals surface area contributed by atoms with Crippen LogP contribution in [0.4, 0.5) is 4.39 Å². The molecule has 0 amide bonds. The van der Waals surface area contributed by atoms with Gasteiger partial charge in [-0.05, 0) is 6.07 Å². The van der Waals surface area contributed by atoms with Gasteiger partial charge in [0.1, 0.15) is 5.82 Å². The first kappa shape index (κ1) is 11.1. The number of hydrogen-bond donors (Lipinski definition) is 0. The van der Waals surface area contributed by atoms with Gasteiger partial charge >= 0.3 is 0 Å². The zero-order chi connectivity index (χ0) is 9.40. The predicted molar refractivity (Wildman–Crippen MR) is 48.5 cm³/mol. The number of halogens is 1. The van der Waals surface area contributed by atoms with E-state index in [9.17, 15) is 4.39 Å².